The third-order valence-corrected chi connectivity index (χ3v) is 4.27. The lowest BCUT2D eigenvalue weighted by Crippen LogP contribution is -2.27. The number of rotatable bonds is 11. The van der Waals surface area contributed by atoms with E-state index in [4.69, 9.17) is 5.11 Å². The van der Waals surface area contributed by atoms with E-state index in [1.807, 2.05) is 17.9 Å². The Morgan fingerprint density at radius 1 is 1.31 bits per heavy atom. The summed E-state index contributed by atoms with van der Waals surface area (Å²) < 4.78 is 15.1. The minimum absolute atomic E-state index is 0.221. The average Bonchev–Trinajstić information content (AvgIpc) is 3.02. The van der Waals surface area contributed by atoms with E-state index in [2.05, 4.69) is 22.4 Å². The number of benzene rings is 1. The van der Waals surface area contributed by atoms with Crippen molar-refractivity contribution >= 4 is 0 Å². The molecule has 2 rings (SSSR count). The molecule has 1 unspecified atom stereocenters. The maximum Gasteiger partial charge on any atom is 0.123 e. The van der Waals surface area contributed by atoms with Gasteiger partial charge in [-0.25, -0.2) is 4.39 Å². The largest absolute Gasteiger partial charge is 0.394 e. The predicted octanol–water partition coefficient (Wildman–Crippen LogP) is 1.47. The lowest BCUT2D eigenvalue weighted by molar-refractivity contribution is 0.0854. The monoisotopic (exact) mass is 364 g/mol. The second kappa shape index (κ2) is 10.4. The number of hydrogen-bond donors (Lipinski definition) is 3. The van der Waals surface area contributed by atoms with Gasteiger partial charge in [0.2, 0.25) is 0 Å². The van der Waals surface area contributed by atoms with Gasteiger partial charge in [-0.05, 0) is 51.2 Å². The van der Waals surface area contributed by atoms with E-state index in [0.717, 1.165) is 42.9 Å². The summed E-state index contributed by atoms with van der Waals surface area (Å²) >= 11 is 0. The number of halogens is 1. The van der Waals surface area contributed by atoms with Crippen molar-refractivity contribution < 1.29 is 14.6 Å². The zero-order valence-corrected chi connectivity index (χ0v) is 15.5. The Labute approximate surface area is 154 Å². The zero-order chi connectivity index (χ0) is 18.9. The number of hydrogen-bond acceptors (Lipinski definition) is 5. The first-order valence-electron chi connectivity index (χ1n) is 8.97. The van der Waals surface area contributed by atoms with E-state index in [1.54, 1.807) is 12.1 Å². The van der Waals surface area contributed by atoms with E-state index in [0.29, 0.717) is 13.0 Å². The van der Waals surface area contributed by atoms with Crippen molar-refractivity contribution in [1.82, 2.24) is 20.0 Å². The van der Waals surface area contributed by atoms with Crippen LogP contribution in [0.15, 0.2) is 30.5 Å². The third-order valence-electron chi connectivity index (χ3n) is 4.27. The molecule has 1 aromatic heterocycles. The molecule has 1 atom stereocenters. The van der Waals surface area contributed by atoms with Crippen molar-refractivity contribution in [2.75, 3.05) is 33.8 Å². The molecule has 0 aliphatic carbocycles. The Hall–Kier alpha value is -1.80. The first kappa shape index (κ1) is 20.5. The first-order valence-corrected chi connectivity index (χ1v) is 8.97. The highest BCUT2D eigenvalue weighted by Gasteiger charge is 2.14. The van der Waals surface area contributed by atoms with Crippen molar-refractivity contribution in [3.63, 3.8) is 0 Å². The van der Waals surface area contributed by atoms with E-state index in [9.17, 15) is 9.50 Å². The molecular weight excluding hydrogens is 335 g/mol. The van der Waals surface area contributed by atoms with Gasteiger partial charge in [-0.1, -0.05) is 0 Å². The van der Waals surface area contributed by atoms with Gasteiger partial charge in [0.1, 0.15) is 5.82 Å². The third kappa shape index (κ3) is 6.17. The Balaban J connectivity index is 2.15. The van der Waals surface area contributed by atoms with Crippen molar-refractivity contribution in [2.24, 2.45) is 0 Å². The van der Waals surface area contributed by atoms with E-state index < -0.39 is 6.10 Å². The molecule has 0 amide bonds. The number of aliphatic hydroxyl groups excluding tert-OH is 2. The molecule has 0 saturated heterocycles. The van der Waals surface area contributed by atoms with Gasteiger partial charge in [-0.2, -0.15) is 5.10 Å². The lowest BCUT2D eigenvalue weighted by Gasteiger charge is -2.16. The molecule has 0 saturated carbocycles. The second-order valence-corrected chi connectivity index (χ2v) is 6.59. The highest BCUT2D eigenvalue weighted by molar-refractivity contribution is 5.62. The number of aryl methyl sites for hydroxylation is 1. The minimum Gasteiger partial charge on any atom is -0.394 e. The van der Waals surface area contributed by atoms with Crippen LogP contribution in [0.25, 0.3) is 11.3 Å². The topological polar surface area (TPSA) is 73.5 Å². The molecule has 0 radical (unpaired) electrons. The average molecular weight is 364 g/mol. The van der Waals surface area contributed by atoms with Gasteiger partial charge < -0.3 is 20.4 Å². The highest BCUT2D eigenvalue weighted by Crippen LogP contribution is 2.24. The van der Waals surface area contributed by atoms with Crippen LogP contribution < -0.4 is 5.32 Å². The van der Waals surface area contributed by atoms with E-state index in [-0.39, 0.29) is 12.4 Å². The molecule has 3 N–H and O–H groups in total. The molecule has 0 fully saturated rings. The Bertz CT molecular complexity index is 660. The molecule has 7 heteroatoms. The fourth-order valence-corrected chi connectivity index (χ4v) is 2.80. The maximum atomic E-state index is 13.2. The Kier molecular flexibility index (Phi) is 8.18. The second-order valence-electron chi connectivity index (χ2n) is 6.59. The summed E-state index contributed by atoms with van der Waals surface area (Å²) in [5, 5.41) is 26.2. The van der Waals surface area contributed by atoms with Crippen LogP contribution in [0.4, 0.5) is 4.39 Å². The van der Waals surface area contributed by atoms with Crippen LogP contribution in [0.5, 0.6) is 0 Å². The summed E-state index contributed by atoms with van der Waals surface area (Å²) in [6.45, 7) is 2.99. The van der Waals surface area contributed by atoms with Gasteiger partial charge in [-0.15, -0.1) is 0 Å². The van der Waals surface area contributed by atoms with Crippen LogP contribution >= 0.6 is 0 Å². The van der Waals surface area contributed by atoms with Crippen LogP contribution in [0.2, 0.25) is 0 Å². The number of likely N-dealkylation sites (N-methyl/N-ethyl adjacent to an activating group) is 2. The fourth-order valence-electron chi connectivity index (χ4n) is 2.80. The number of aromatic nitrogens is 2. The van der Waals surface area contributed by atoms with Crippen LogP contribution in [0.3, 0.4) is 0 Å². The normalized spacial score (nSPS) is 12.7. The molecule has 0 aliphatic heterocycles. The molecule has 1 aromatic carbocycles. The van der Waals surface area contributed by atoms with Gasteiger partial charge in [0.25, 0.3) is 0 Å². The predicted molar refractivity (Wildman–Crippen MR) is 100 cm³/mol. The summed E-state index contributed by atoms with van der Waals surface area (Å²) in [6.07, 6.45) is 2.58. The van der Waals surface area contributed by atoms with Crippen molar-refractivity contribution in [2.45, 2.75) is 32.0 Å². The molecule has 2 aromatic rings. The van der Waals surface area contributed by atoms with E-state index >= 15 is 0 Å². The van der Waals surface area contributed by atoms with Crippen molar-refractivity contribution in [3.8, 4) is 11.3 Å². The fraction of sp³-hybridized carbons (Fsp3) is 0.526. The van der Waals surface area contributed by atoms with Crippen LogP contribution in [-0.2, 0) is 13.1 Å². The smallest absolute Gasteiger partial charge is 0.123 e. The molecule has 0 aliphatic rings. The maximum absolute atomic E-state index is 13.2. The molecule has 144 valence electrons. The molecule has 26 heavy (non-hydrogen) atoms. The summed E-state index contributed by atoms with van der Waals surface area (Å²) in [5.41, 5.74) is 2.82. The Morgan fingerprint density at radius 3 is 2.69 bits per heavy atom. The molecule has 6 nitrogen and oxygen atoms in total. The lowest BCUT2D eigenvalue weighted by atomic mass is 10.1. The molecular formula is C19H29FN4O2. The van der Waals surface area contributed by atoms with Crippen molar-refractivity contribution in [1.29, 1.82) is 0 Å². The van der Waals surface area contributed by atoms with Gasteiger partial charge in [0, 0.05) is 43.5 Å². The van der Waals surface area contributed by atoms with Gasteiger partial charge in [0.05, 0.1) is 18.4 Å². The molecule has 1 heterocycles. The Morgan fingerprint density at radius 2 is 2.04 bits per heavy atom. The zero-order valence-electron chi connectivity index (χ0n) is 15.5. The van der Waals surface area contributed by atoms with Gasteiger partial charge in [-0.3, -0.25) is 4.68 Å². The number of nitrogens with zero attached hydrogens (tertiary/aromatic N) is 3. The van der Waals surface area contributed by atoms with Crippen LogP contribution in [-0.4, -0.2) is 64.8 Å². The van der Waals surface area contributed by atoms with Crippen molar-refractivity contribution in [3.05, 3.63) is 41.8 Å². The molecule has 0 spiro atoms. The summed E-state index contributed by atoms with van der Waals surface area (Å²) in [5.74, 6) is -0.265. The number of aliphatic hydroxyl groups is 2. The standard InChI is InChI=1S/C19H29FN4O2/c1-21-9-11-23(2)12-16-13-24(10-3-4-18(26)14-25)22-19(16)15-5-7-17(20)8-6-15/h5-8,13,18,21,25-26H,3-4,9-12,14H2,1-2H3. The summed E-state index contributed by atoms with van der Waals surface area (Å²) in [6, 6.07) is 6.38. The summed E-state index contributed by atoms with van der Waals surface area (Å²) in [7, 11) is 3.98. The summed E-state index contributed by atoms with van der Waals surface area (Å²) in [4.78, 5) is 2.21. The van der Waals surface area contributed by atoms with Crippen LogP contribution in [0, 0.1) is 5.82 Å². The van der Waals surface area contributed by atoms with E-state index in [1.165, 1.54) is 12.1 Å². The minimum atomic E-state index is -0.686. The quantitative estimate of drug-likeness (QED) is 0.563. The van der Waals surface area contributed by atoms with Crippen LogP contribution in [0.1, 0.15) is 18.4 Å². The number of nitrogens with one attached hydrogen (secondary N) is 1. The van der Waals surface area contributed by atoms with Gasteiger partial charge in [0.15, 0.2) is 0 Å². The first-order chi connectivity index (χ1) is 12.5. The SMILES string of the molecule is CNCCN(C)Cc1cn(CCCC(O)CO)nc1-c1ccc(F)cc1. The molecule has 0 bridgehead atoms. The highest BCUT2D eigenvalue weighted by atomic mass is 19.1. The van der Waals surface area contributed by atoms with Gasteiger partial charge >= 0.3 is 0 Å².